The fraction of sp³-hybridized carbons (Fsp3) is 0.533. The van der Waals surface area contributed by atoms with Gasteiger partial charge in [-0.2, -0.15) is 5.26 Å². The van der Waals surface area contributed by atoms with Crippen molar-refractivity contribution in [1.29, 1.82) is 5.26 Å². The Morgan fingerprint density at radius 2 is 2.11 bits per heavy atom. The van der Waals surface area contributed by atoms with Crippen molar-refractivity contribution in [3.8, 4) is 6.07 Å². The van der Waals surface area contributed by atoms with Crippen LogP contribution in [0.4, 0.5) is 11.4 Å². The Bertz CT molecular complexity index is 440. The molecule has 0 aliphatic carbocycles. The highest BCUT2D eigenvalue weighted by Crippen LogP contribution is 2.27. The van der Waals surface area contributed by atoms with Gasteiger partial charge in [0.25, 0.3) is 0 Å². The number of benzene rings is 1. The van der Waals surface area contributed by atoms with Crippen LogP contribution in [0.2, 0.25) is 0 Å². The lowest BCUT2D eigenvalue weighted by Gasteiger charge is -2.33. The molecule has 1 saturated heterocycles. The molecule has 0 bridgehead atoms. The first-order valence-corrected chi connectivity index (χ1v) is 6.79. The van der Waals surface area contributed by atoms with Crippen LogP contribution in [0, 0.1) is 17.2 Å². The summed E-state index contributed by atoms with van der Waals surface area (Å²) in [5.41, 5.74) is 8.04. The van der Waals surface area contributed by atoms with Crippen LogP contribution < -0.4 is 10.6 Å². The van der Waals surface area contributed by atoms with E-state index in [0.717, 1.165) is 24.7 Å². The highest BCUT2D eigenvalue weighted by Gasteiger charge is 2.19. The normalized spacial score (nSPS) is 16.6. The van der Waals surface area contributed by atoms with Gasteiger partial charge < -0.3 is 10.6 Å². The monoisotopic (exact) mass is 243 g/mol. The van der Waals surface area contributed by atoms with E-state index in [0.29, 0.717) is 11.3 Å². The van der Waals surface area contributed by atoms with Crippen molar-refractivity contribution in [2.45, 2.75) is 32.6 Å². The SMILES string of the molecule is CCCC1CCN(c2ccc(N)c(C#N)c2)CC1. The molecule has 2 rings (SSSR count). The average Bonchev–Trinajstić information content (AvgIpc) is 2.41. The van der Waals surface area contributed by atoms with Gasteiger partial charge in [0.1, 0.15) is 6.07 Å². The van der Waals surface area contributed by atoms with E-state index >= 15 is 0 Å². The molecule has 0 radical (unpaired) electrons. The molecule has 96 valence electrons. The molecule has 1 aliphatic heterocycles. The van der Waals surface area contributed by atoms with Gasteiger partial charge in [-0.25, -0.2) is 0 Å². The lowest BCUT2D eigenvalue weighted by molar-refractivity contribution is 0.378. The van der Waals surface area contributed by atoms with Gasteiger partial charge in [0.15, 0.2) is 0 Å². The Morgan fingerprint density at radius 1 is 1.39 bits per heavy atom. The van der Waals surface area contributed by atoms with Crippen LogP contribution in [-0.4, -0.2) is 13.1 Å². The lowest BCUT2D eigenvalue weighted by atomic mass is 9.92. The van der Waals surface area contributed by atoms with E-state index in [4.69, 9.17) is 11.0 Å². The summed E-state index contributed by atoms with van der Waals surface area (Å²) in [5.74, 6) is 0.885. The van der Waals surface area contributed by atoms with Crippen LogP contribution >= 0.6 is 0 Å². The Labute approximate surface area is 109 Å². The molecule has 1 aliphatic rings. The molecule has 0 atom stereocenters. The summed E-state index contributed by atoms with van der Waals surface area (Å²) in [4.78, 5) is 2.37. The molecule has 18 heavy (non-hydrogen) atoms. The van der Waals surface area contributed by atoms with E-state index in [2.05, 4.69) is 17.9 Å². The number of nitrogens with zero attached hydrogens (tertiary/aromatic N) is 2. The zero-order valence-corrected chi connectivity index (χ0v) is 11.0. The smallest absolute Gasteiger partial charge is 0.101 e. The first-order chi connectivity index (χ1) is 8.74. The first kappa shape index (κ1) is 12.8. The molecule has 2 N–H and O–H groups in total. The van der Waals surface area contributed by atoms with E-state index in [1.165, 1.54) is 25.7 Å². The second-order valence-electron chi connectivity index (χ2n) is 5.10. The molecule has 0 spiro atoms. The average molecular weight is 243 g/mol. The summed E-state index contributed by atoms with van der Waals surface area (Å²) in [6, 6.07) is 7.93. The Balaban J connectivity index is 2.04. The van der Waals surface area contributed by atoms with Crippen molar-refractivity contribution in [2.75, 3.05) is 23.7 Å². The fourth-order valence-electron chi connectivity index (χ4n) is 2.73. The van der Waals surface area contributed by atoms with Gasteiger partial charge in [-0.3, -0.25) is 0 Å². The van der Waals surface area contributed by atoms with Gasteiger partial charge in [0.2, 0.25) is 0 Å². The molecule has 0 aromatic heterocycles. The molecule has 1 aromatic rings. The number of hydrogen-bond donors (Lipinski definition) is 1. The van der Waals surface area contributed by atoms with Crippen molar-refractivity contribution in [2.24, 2.45) is 5.92 Å². The summed E-state index contributed by atoms with van der Waals surface area (Å²) in [6.45, 7) is 4.45. The zero-order chi connectivity index (χ0) is 13.0. The van der Waals surface area contributed by atoms with Crippen molar-refractivity contribution >= 4 is 11.4 Å². The summed E-state index contributed by atoms with van der Waals surface area (Å²) in [6.07, 6.45) is 5.16. The number of nitrogen functional groups attached to an aromatic ring is 1. The predicted molar refractivity (Wildman–Crippen MR) is 75.4 cm³/mol. The van der Waals surface area contributed by atoms with Crippen molar-refractivity contribution < 1.29 is 0 Å². The summed E-state index contributed by atoms with van der Waals surface area (Å²) >= 11 is 0. The highest BCUT2D eigenvalue weighted by molar-refractivity contribution is 5.62. The van der Waals surface area contributed by atoms with Gasteiger partial charge in [-0.05, 0) is 37.0 Å². The third-order valence-corrected chi connectivity index (χ3v) is 3.83. The van der Waals surface area contributed by atoms with Crippen LogP contribution in [0.15, 0.2) is 18.2 Å². The number of anilines is 2. The summed E-state index contributed by atoms with van der Waals surface area (Å²) in [5, 5.41) is 9.00. The second kappa shape index (κ2) is 5.77. The van der Waals surface area contributed by atoms with Crippen molar-refractivity contribution in [3.05, 3.63) is 23.8 Å². The zero-order valence-electron chi connectivity index (χ0n) is 11.0. The van der Waals surface area contributed by atoms with Crippen LogP contribution in [0.5, 0.6) is 0 Å². The van der Waals surface area contributed by atoms with E-state index < -0.39 is 0 Å². The third-order valence-electron chi connectivity index (χ3n) is 3.83. The predicted octanol–water partition coefficient (Wildman–Crippen LogP) is 3.16. The van der Waals surface area contributed by atoms with Gasteiger partial charge in [0, 0.05) is 24.5 Å². The molecule has 0 saturated carbocycles. The largest absolute Gasteiger partial charge is 0.398 e. The number of rotatable bonds is 3. The number of hydrogen-bond acceptors (Lipinski definition) is 3. The summed E-state index contributed by atoms with van der Waals surface area (Å²) < 4.78 is 0. The van der Waals surface area contributed by atoms with E-state index in [-0.39, 0.29) is 0 Å². The third kappa shape index (κ3) is 2.76. The van der Waals surface area contributed by atoms with E-state index in [1.54, 1.807) is 0 Å². The number of nitrogens with two attached hydrogens (primary N) is 1. The maximum atomic E-state index is 9.00. The number of nitriles is 1. The van der Waals surface area contributed by atoms with Gasteiger partial charge in [0.05, 0.1) is 5.56 Å². The molecule has 1 aromatic carbocycles. The fourth-order valence-corrected chi connectivity index (χ4v) is 2.73. The molecule has 0 amide bonds. The number of piperidine rings is 1. The molecular formula is C15H21N3. The van der Waals surface area contributed by atoms with Crippen LogP contribution in [0.3, 0.4) is 0 Å². The highest BCUT2D eigenvalue weighted by atomic mass is 15.1. The Kier molecular flexibility index (Phi) is 4.09. The molecule has 1 fully saturated rings. The van der Waals surface area contributed by atoms with Crippen LogP contribution in [0.1, 0.15) is 38.2 Å². The van der Waals surface area contributed by atoms with Crippen LogP contribution in [0.25, 0.3) is 0 Å². The molecule has 3 heteroatoms. The topological polar surface area (TPSA) is 53.0 Å². The minimum atomic E-state index is 0.571. The minimum absolute atomic E-state index is 0.571. The minimum Gasteiger partial charge on any atom is -0.398 e. The Hall–Kier alpha value is -1.69. The molecule has 0 unspecified atom stereocenters. The maximum absolute atomic E-state index is 9.00. The lowest BCUT2D eigenvalue weighted by Crippen LogP contribution is -2.33. The summed E-state index contributed by atoms with van der Waals surface area (Å²) in [7, 11) is 0. The van der Waals surface area contributed by atoms with Gasteiger partial charge in [-0.1, -0.05) is 19.8 Å². The van der Waals surface area contributed by atoms with E-state index in [9.17, 15) is 0 Å². The van der Waals surface area contributed by atoms with Gasteiger partial charge in [-0.15, -0.1) is 0 Å². The van der Waals surface area contributed by atoms with Gasteiger partial charge >= 0.3 is 0 Å². The first-order valence-electron chi connectivity index (χ1n) is 6.79. The molecular weight excluding hydrogens is 222 g/mol. The Morgan fingerprint density at radius 3 is 2.72 bits per heavy atom. The molecule has 1 heterocycles. The maximum Gasteiger partial charge on any atom is 0.101 e. The van der Waals surface area contributed by atoms with Crippen molar-refractivity contribution in [1.82, 2.24) is 0 Å². The van der Waals surface area contributed by atoms with Crippen LogP contribution in [-0.2, 0) is 0 Å². The van der Waals surface area contributed by atoms with Crippen molar-refractivity contribution in [3.63, 3.8) is 0 Å². The second-order valence-corrected chi connectivity index (χ2v) is 5.10. The molecule has 3 nitrogen and oxygen atoms in total. The standard InChI is InChI=1S/C15H21N3/c1-2-3-12-6-8-18(9-7-12)14-4-5-15(17)13(10-14)11-16/h4-5,10,12H,2-3,6-9,17H2,1H3. The van der Waals surface area contributed by atoms with E-state index in [1.807, 2.05) is 18.2 Å². The quantitative estimate of drug-likeness (QED) is 0.830.